The lowest BCUT2D eigenvalue weighted by Gasteiger charge is -2.30. The minimum atomic E-state index is -0.782. The fourth-order valence-electron chi connectivity index (χ4n) is 8.83. The van der Waals surface area contributed by atoms with Gasteiger partial charge in [0.2, 0.25) is 0 Å². The number of benzene rings is 10. The summed E-state index contributed by atoms with van der Waals surface area (Å²) in [5, 5.41) is 24.3. The van der Waals surface area contributed by atoms with Crippen LogP contribution < -0.4 is 9.80 Å². The largest absolute Gasteiger partial charge is 0.307 e. The van der Waals surface area contributed by atoms with E-state index in [9.17, 15) is 10.5 Å². The number of hydrogen-bond acceptors (Lipinski definition) is 4. The molecule has 10 rings (SSSR count). The van der Waals surface area contributed by atoms with Crippen molar-refractivity contribution in [3.05, 3.63) is 215 Å². The van der Waals surface area contributed by atoms with E-state index >= 15 is 17.6 Å². The van der Waals surface area contributed by atoms with Crippen molar-refractivity contribution in [1.29, 1.82) is 10.5 Å². The van der Waals surface area contributed by atoms with Gasteiger partial charge in [-0.15, -0.1) is 0 Å². The molecule has 4 nitrogen and oxygen atoms in total. The Hall–Kier alpha value is -8.46. The van der Waals surface area contributed by atoms with Crippen LogP contribution in [-0.2, 0) is 0 Å². The van der Waals surface area contributed by atoms with Crippen LogP contribution in [0.4, 0.5) is 51.7 Å². The Morgan fingerprint density at radius 3 is 1.16 bits per heavy atom. The second-order valence-corrected chi connectivity index (χ2v) is 15.9. The van der Waals surface area contributed by atoms with Crippen LogP contribution in [0.1, 0.15) is 22.3 Å². The summed E-state index contributed by atoms with van der Waals surface area (Å²) >= 11 is 0. The van der Waals surface area contributed by atoms with E-state index in [1.165, 1.54) is 12.1 Å². The van der Waals surface area contributed by atoms with Crippen molar-refractivity contribution in [2.24, 2.45) is 0 Å². The van der Waals surface area contributed by atoms with Gasteiger partial charge in [0, 0.05) is 45.4 Å². The topological polar surface area (TPSA) is 54.1 Å². The highest BCUT2D eigenvalue weighted by molar-refractivity contribution is 6.28. The number of halogens is 4. The van der Waals surface area contributed by atoms with E-state index in [-0.39, 0.29) is 22.5 Å². The molecule has 0 unspecified atom stereocenters. The number of rotatable bonds is 8. The first-order valence-corrected chi connectivity index (χ1v) is 20.5. The maximum atomic E-state index is 16.5. The molecule has 0 N–H and O–H groups in total. The lowest BCUT2D eigenvalue weighted by Crippen LogP contribution is -2.14. The molecule has 0 bridgehead atoms. The maximum Gasteiger partial charge on any atom is 0.150 e. The average molecular weight is 839 g/mol. The van der Waals surface area contributed by atoms with Gasteiger partial charge in [0.1, 0.15) is 23.3 Å². The van der Waals surface area contributed by atoms with Gasteiger partial charge in [-0.3, -0.25) is 0 Å². The smallest absolute Gasteiger partial charge is 0.150 e. The lowest BCUT2D eigenvalue weighted by atomic mass is 9.91. The van der Waals surface area contributed by atoms with E-state index in [0.29, 0.717) is 45.0 Å². The van der Waals surface area contributed by atoms with Crippen LogP contribution in [0.2, 0.25) is 0 Å². The third-order valence-corrected chi connectivity index (χ3v) is 11.8. The Balaban J connectivity index is 1.23. The number of nitrogens with zero attached hydrogens (tertiary/aromatic N) is 4. The van der Waals surface area contributed by atoms with Crippen molar-refractivity contribution in [1.82, 2.24) is 0 Å². The monoisotopic (exact) mass is 838 g/mol. The highest BCUT2D eigenvalue weighted by Crippen LogP contribution is 2.49. The zero-order chi connectivity index (χ0) is 44.2. The van der Waals surface area contributed by atoms with E-state index < -0.39 is 23.3 Å². The van der Waals surface area contributed by atoms with Crippen LogP contribution in [0.5, 0.6) is 0 Å². The molecule has 0 saturated heterocycles. The Bertz CT molecular complexity index is 3310. The van der Waals surface area contributed by atoms with Crippen molar-refractivity contribution < 1.29 is 17.6 Å². The minimum Gasteiger partial charge on any atom is -0.307 e. The van der Waals surface area contributed by atoms with Gasteiger partial charge in [0.05, 0.1) is 46.0 Å². The molecule has 0 aliphatic rings. The van der Waals surface area contributed by atoms with E-state index in [1.807, 2.05) is 98.8 Å². The van der Waals surface area contributed by atoms with Gasteiger partial charge in [0.15, 0.2) is 0 Å². The third-order valence-electron chi connectivity index (χ3n) is 11.8. The summed E-state index contributed by atoms with van der Waals surface area (Å²) < 4.78 is 64.5. The van der Waals surface area contributed by atoms with Gasteiger partial charge in [0.25, 0.3) is 0 Å². The summed E-state index contributed by atoms with van der Waals surface area (Å²) in [5.41, 5.74) is 6.78. The number of aryl methyl sites for hydroxylation is 2. The summed E-state index contributed by atoms with van der Waals surface area (Å²) in [7, 11) is 0. The average Bonchev–Trinajstić information content (AvgIpc) is 3.30. The number of hydrogen-bond donors (Lipinski definition) is 0. The van der Waals surface area contributed by atoms with Crippen molar-refractivity contribution in [3.63, 3.8) is 0 Å². The van der Waals surface area contributed by atoms with Crippen molar-refractivity contribution >= 4 is 66.4 Å². The minimum absolute atomic E-state index is 0.0986. The fourth-order valence-corrected chi connectivity index (χ4v) is 8.83. The van der Waals surface area contributed by atoms with E-state index in [1.54, 1.807) is 70.5 Å². The summed E-state index contributed by atoms with van der Waals surface area (Å²) in [5.74, 6) is -2.97. The summed E-state index contributed by atoms with van der Waals surface area (Å²) in [6, 6.07) is 53.1. The Kier molecular flexibility index (Phi) is 9.78. The molecule has 0 radical (unpaired) electrons. The molecule has 64 heavy (non-hydrogen) atoms. The van der Waals surface area contributed by atoms with Crippen molar-refractivity contribution in [2.45, 2.75) is 13.8 Å². The second kappa shape index (κ2) is 15.8. The second-order valence-electron chi connectivity index (χ2n) is 15.9. The third kappa shape index (κ3) is 6.79. The molecule has 0 heterocycles. The Morgan fingerprint density at radius 1 is 0.391 bits per heavy atom. The molecular formula is C56H34F4N4. The molecule has 0 spiro atoms. The summed E-state index contributed by atoms with van der Waals surface area (Å²) in [4.78, 5) is 3.48. The molecule has 8 heteroatoms. The number of nitriles is 2. The van der Waals surface area contributed by atoms with Crippen molar-refractivity contribution in [2.75, 3.05) is 9.80 Å². The van der Waals surface area contributed by atoms with Gasteiger partial charge >= 0.3 is 0 Å². The highest BCUT2D eigenvalue weighted by Gasteiger charge is 2.26. The standard InChI is InChI=1S/C56H34F4N4/c1-33-5-3-7-39(25-33)45-27-53(49(59)29-47(45)57)63(41-17-9-35(31-61)10-18-41)51-23-15-37-14-22-44-52(24-16-38-13-21-43(51)55(37)56(38)44)64(42-19-11-36(32-62)12-20-42)54-28-46(48(58)30-50(54)60)40-8-4-6-34(2)26-40/h3-30H,1-2H3. The quantitative estimate of drug-likeness (QED) is 0.113. The van der Waals surface area contributed by atoms with Crippen LogP contribution in [0.25, 0.3) is 54.6 Å². The number of anilines is 6. The molecule has 0 saturated carbocycles. The zero-order valence-corrected chi connectivity index (χ0v) is 34.5. The molecule has 0 aliphatic heterocycles. The highest BCUT2D eigenvalue weighted by atomic mass is 19.1. The molecule has 0 fully saturated rings. The molecular weight excluding hydrogens is 805 g/mol. The zero-order valence-electron chi connectivity index (χ0n) is 34.5. The SMILES string of the molecule is Cc1cccc(-c2cc(N(c3ccc(C#N)cc3)c3ccc4ccc5c(N(c6ccc(C#N)cc6)c6cc(-c7cccc(C)c7)c(F)cc6F)ccc6ccc3c4c65)c(F)cc2F)c1. The molecule has 306 valence electrons. The first-order chi connectivity index (χ1) is 31.1. The van der Waals surface area contributed by atoms with Crippen LogP contribution in [-0.4, -0.2) is 0 Å². The van der Waals surface area contributed by atoms with E-state index in [2.05, 4.69) is 12.1 Å². The summed E-state index contributed by atoms with van der Waals surface area (Å²) in [6.45, 7) is 3.82. The molecule has 10 aromatic rings. The fraction of sp³-hybridized carbons (Fsp3) is 0.0357. The van der Waals surface area contributed by atoms with Gasteiger partial charge in [-0.05, 0) is 119 Å². The van der Waals surface area contributed by atoms with E-state index in [4.69, 9.17) is 0 Å². The molecule has 0 aromatic heterocycles. The molecule has 0 atom stereocenters. The van der Waals surface area contributed by atoms with Crippen LogP contribution in [0.3, 0.4) is 0 Å². The van der Waals surface area contributed by atoms with Gasteiger partial charge in [-0.1, -0.05) is 96.1 Å². The van der Waals surface area contributed by atoms with E-state index in [0.717, 1.165) is 55.6 Å². The Morgan fingerprint density at radius 2 is 0.781 bits per heavy atom. The van der Waals surface area contributed by atoms with Gasteiger partial charge in [-0.25, -0.2) is 17.6 Å². The first kappa shape index (κ1) is 39.7. The molecule has 10 aromatic carbocycles. The molecule has 0 amide bonds. The predicted molar refractivity (Wildman–Crippen MR) is 249 cm³/mol. The van der Waals surface area contributed by atoms with Crippen LogP contribution in [0, 0.1) is 59.8 Å². The maximum absolute atomic E-state index is 16.5. The lowest BCUT2D eigenvalue weighted by molar-refractivity contribution is 0.586. The Labute approximate surface area is 366 Å². The predicted octanol–water partition coefficient (Wildman–Crippen LogP) is 15.8. The summed E-state index contributed by atoms with van der Waals surface area (Å²) in [6.07, 6.45) is 0. The first-order valence-electron chi connectivity index (χ1n) is 20.5. The normalized spacial score (nSPS) is 11.2. The van der Waals surface area contributed by atoms with Gasteiger partial charge in [-0.2, -0.15) is 10.5 Å². The van der Waals surface area contributed by atoms with Gasteiger partial charge < -0.3 is 9.80 Å². The van der Waals surface area contributed by atoms with Crippen LogP contribution >= 0.6 is 0 Å². The molecule has 0 aliphatic carbocycles. The van der Waals surface area contributed by atoms with Crippen molar-refractivity contribution in [3.8, 4) is 34.4 Å². The van der Waals surface area contributed by atoms with Crippen LogP contribution in [0.15, 0.2) is 170 Å².